The van der Waals surface area contributed by atoms with Gasteiger partial charge in [-0.3, -0.25) is 20.2 Å². The fraction of sp³-hybridized carbons (Fsp3) is 0.231. The van der Waals surface area contributed by atoms with Crippen molar-refractivity contribution in [1.29, 1.82) is 0 Å². The van der Waals surface area contributed by atoms with Crippen molar-refractivity contribution in [1.82, 2.24) is 9.88 Å². The van der Waals surface area contributed by atoms with Gasteiger partial charge in [-0.15, -0.1) is 11.3 Å². The van der Waals surface area contributed by atoms with Crippen LogP contribution in [0.1, 0.15) is 16.1 Å². The van der Waals surface area contributed by atoms with Gasteiger partial charge in [0.1, 0.15) is 5.56 Å². The molecule has 7 nitrogen and oxygen atoms in total. The van der Waals surface area contributed by atoms with Gasteiger partial charge in [-0.05, 0) is 20.2 Å². The van der Waals surface area contributed by atoms with Crippen LogP contribution in [0, 0.1) is 10.1 Å². The molecule has 1 amide bonds. The maximum atomic E-state index is 12.1. The van der Waals surface area contributed by atoms with Gasteiger partial charge in [-0.1, -0.05) is 12.1 Å². The Bertz CT molecular complexity index is 669. The first-order valence-electron chi connectivity index (χ1n) is 6.11. The highest BCUT2D eigenvalue weighted by Gasteiger charge is 2.20. The summed E-state index contributed by atoms with van der Waals surface area (Å²) >= 11 is 1.29. The average molecular weight is 306 g/mol. The normalized spacial score (nSPS) is 10.6. The molecule has 0 radical (unpaired) electrons. The Kier molecular flexibility index (Phi) is 4.61. The van der Waals surface area contributed by atoms with Gasteiger partial charge in [0.25, 0.3) is 11.6 Å². The third kappa shape index (κ3) is 3.83. The van der Waals surface area contributed by atoms with Crippen LogP contribution in [0.2, 0.25) is 0 Å². The molecule has 0 aliphatic carbocycles. The van der Waals surface area contributed by atoms with Gasteiger partial charge >= 0.3 is 0 Å². The number of nitrogens with zero attached hydrogens (tertiary/aromatic N) is 3. The predicted molar refractivity (Wildman–Crippen MR) is 80.6 cm³/mol. The summed E-state index contributed by atoms with van der Waals surface area (Å²) < 4.78 is 0. The summed E-state index contributed by atoms with van der Waals surface area (Å²) in [4.78, 5) is 28.7. The molecule has 1 heterocycles. The van der Waals surface area contributed by atoms with Gasteiger partial charge < -0.3 is 4.90 Å². The van der Waals surface area contributed by atoms with Crippen LogP contribution < -0.4 is 5.32 Å². The number of amides is 1. The van der Waals surface area contributed by atoms with E-state index in [-0.39, 0.29) is 11.3 Å². The zero-order valence-electron chi connectivity index (χ0n) is 11.6. The van der Waals surface area contributed by atoms with E-state index in [4.69, 9.17) is 0 Å². The molecule has 0 saturated heterocycles. The molecule has 1 aromatic carbocycles. The summed E-state index contributed by atoms with van der Waals surface area (Å²) in [6, 6.07) is 5.82. The predicted octanol–water partition coefficient (Wildman–Crippen LogP) is 2.37. The summed E-state index contributed by atoms with van der Waals surface area (Å²) in [6.45, 7) is 0.665. The van der Waals surface area contributed by atoms with E-state index in [1.54, 1.807) is 6.07 Å². The lowest BCUT2D eigenvalue weighted by atomic mass is 10.1. The number of carbonyl (C=O) groups excluding carboxylic acids is 1. The van der Waals surface area contributed by atoms with Crippen LogP contribution in [0.4, 0.5) is 10.8 Å². The second kappa shape index (κ2) is 6.42. The minimum Gasteiger partial charge on any atom is -0.304 e. The highest BCUT2D eigenvalue weighted by Crippen LogP contribution is 2.21. The highest BCUT2D eigenvalue weighted by atomic mass is 32.1. The van der Waals surface area contributed by atoms with Crippen LogP contribution in [0.15, 0.2) is 29.6 Å². The first kappa shape index (κ1) is 15.1. The number of anilines is 1. The number of thiazole rings is 1. The van der Waals surface area contributed by atoms with E-state index < -0.39 is 10.8 Å². The molecule has 0 spiro atoms. The number of carbonyl (C=O) groups is 1. The van der Waals surface area contributed by atoms with E-state index in [9.17, 15) is 14.9 Å². The number of aromatic nitrogens is 1. The van der Waals surface area contributed by atoms with Gasteiger partial charge in [0.2, 0.25) is 0 Å². The number of nitro benzene ring substituents is 1. The van der Waals surface area contributed by atoms with E-state index in [1.807, 2.05) is 24.4 Å². The van der Waals surface area contributed by atoms with Crippen molar-refractivity contribution in [2.45, 2.75) is 6.54 Å². The number of para-hydroxylation sites is 1. The van der Waals surface area contributed by atoms with Crippen LogP contribution in [0.5, 0.6) is 0 Å². The van der Waals surface area contributed by atoms with Gasteiger partial charge in [0, 0.05) is 18.0 Å². The van der Waals surface area contributed by atoms with Crippen molar-refractivity contribution in [3.8, 4) is 0 Å². The maximum Gasteiger partial charge on any atom is 0.282 e. The Morgan fingerprint density at radius 3 is 2.81 bits per heavy atom. The van der Waals surface area contributed by atoms with Crippen molar-refractivity contribution in [2.75, 3.05) is 19.4 Å². The quantitative estimate of drug-likeness (QED) is 0.676. The third-order valence-corrected chi connectivity index (χ3v) is 3.40. The maximum absolute atomic E-state index is 12.1. The Morgan fingerprint density at radius 2 is 2.14 bits per heavy atom. The molecule has 0 unspecified atom stereocenters. The number of benzene rings is 1. The Hall–Kier alpha value is -2.32. The lowest BCUT2D eigenvalue weighted by molar-refractivity contribution is -0.385. The monoisotopic (exact) mass is 306 g/mol. The molecule has 0 bridgehead atoms. The SMILES string of the molecule is CN(C)Cc1csc(NC(=O)c2ccccc2[N+](=O)[O-])n1. The highest BCUT2D eigenvalue weighted by molar-refractivity contribution is 7.14. The van der Waals surface area contributed by atoms with E-state index >= 15 is 0 Å². The fourth-order valence-electron chi connectivity index (χ4n) is 1.75. The third-order valence-electron chi connectivity index (χ3n) is 2.60. The summed E-state index contributed by atoms with van der Waals surface area (Å²) in [6.07, 6.45) is 0. The molecule has 1 aromatic heterocycles. The van der Waals surface area contributed by atoms with Crippen molar-refractivity contribution in [3.63, 3.8) is 0 Å². The van der Waals surface area contributed by atoms with Gasteiger partial charge in [-0.2, -0.15) is 0 Å². The topological polar surface area (TPSA) is 88.4 Å². The van der Waals surface area contributed by atoms with Crippen molar-refractivity contribution in [2.24, 2.45) is 0 Å². The van der Waals surface area contributed by atoms with Crippen molar-refractivity contribution < 1.29 is 9.72 Å². The van der Waals surface area contributed by atoms with Crippen LogP contribution in [0.25, 0.3) is 0 Å². The standard InChI is InChI=1S/C13H14N4O3S/c1-16(2)7-9-8-21-13(14-9)15-12(18)10-5-3-4-6-11(10)17(19)20/h3-6,8H,7H2,1-2H3,(H,14,15,18). The zero-order valence-corrected chi connectivity index (χ0v) is 12.4. The number of hydrogen-bond donors (Lipinski definition) is 1. The first-order valence-corrected chi connectivity index (χ1v) is 6.99. The van der Waals surface area contributed by atoms with Crippen LogP contribution in [-0.4, -0.2) is 34.8 Å². The van der Waals surface area contributed by atoms with Crippen LogP contribution >= 0.6 is 11.3 Å². The summed E-state index contributed by atoms with van der Waals surface area (Å²) in [5.41, 5.74) is 0.634. The number of rotatable bonds is 5. The van der Waals surface area contributed by atoms with E-state index in [1.165, 1.54) is 29.5 Å². The van der Waals surface area contributed by atoms with Gasteiger partial charge in [0.05, 0.1) is 10.6 Å². The smallest absolute Gasteiger partial charge is 0.282 e. The minimum absolute atomic E-state index is 0.0202. The van der Waals surface area contributed by atoms with Crippen molar-refractivity contribution >= 4 is 28.1 Å². The Balaban J connectivity index is 2.15. The molecule has 0 saturated carbocycles. The molecule has 0 fully saturated rings. The zero-order chi connectivity index (χ0) is 15.4. The first-order chi connectivity index (χ1) is 9.97. The molecule has 21 heavy (non-hydrogen) atoms. The number of hydrogen-bond acceptors (Lipinski definition) is 6. The Labute approximate surface area is 125 Å². The summed E-state index contributed by atoms with van der Waals surface area (Å²) in [5, 5.41) is 15.8. The molecule has 110 valence electrons. The second-order valence-electron chi connectivity index (χ2n) is 4.61. The second-order valence-corrected chi connectivity index (χ2v) is 5.47. The van der Waals surface area contributed by atoms with Crippen LogP contribution in [-0.2, 0) is 6.54 Å². The molecule has 2 rings (SSSR count). The van der Waals surface area contributed by atoms with E-state index in [0.717, 1.165) is 5.69 Å². The summed E-state index contributed by atoms with van der Waals surface area (Å²) in [7, 11) is 3.84. The molecule has 8 heteroatoms. The lowest BCUT2D eigenvalue weighted by Gasteiger charge is -2.05. The van der Waals surface area contributed by atoms with E-state index in [0.29, 0.717) is 11.7 Å². The fourth-order valence-corrected chi connectivity index (χ4v) is 2.45. The molecule has 0 aliphatic rings. The molecule has 0 aliphatic heterocycles. The summed E-state index contributed by atoms with van der Waals surface area (Å²) in [5.74, 6) is -0.534. The van der Waals surface area contributed by atoms with Gasteiger partial charge in [-0.25, -0.2) is 4.98 Å². The van der Waals surface area contributed by atoms with Crippen molar-refractivity contribution in [3.05, 3.63) is 51.0 Å². The number of nitrogens with one attached hydrogen (secondary N) is 1. The molecule has 0 atom stereocenters. The van der Waals surface area contributed by atoms with E-state index in [2.05, 4.69) is 10.3 Å². The molecular formula is C13H14N4O3S. The Morgan fingerprint density at radius 1 is 1.43 bits per heavy atom. The largest absolute Gasteiger partial charge is 0.304 e. The molecular weight excluding hydrogens is 292 g/mol. The average Bonchev–Trinajstić information content (AvgIpc) is 2.85. The number of nitro groups is 1. The van der Waals surface area contributed by atoms with Crippen LogP contribution in [0.3, 0.4) is 0 Å². The van der Waals surface area contributed by atoms with Gasteiger partial charge in [0.15, 0.2) is 5.13 Å². The molecule has 1 N–H and O–H groups in total. The molecule has 2 aromatic rings. The minimum atomic E-state index is -0.575. The lowest BCUT2D eigenvalue weighted by Crippen LogP contribution is -2.14.